The van der Waals surface area contributed by atoms with Gasteiger partial charge in [-0.3, -0.25) is 0 Å². The zero-order valence-corrected chi connectivity index (χ0v) is 8.78. The maximum atomic E-state index is 9.03. The highest BCUT2D eigenvalue weighted by molar-refractivity contribution is 6.58. The predicted octanol–water partition coefficient (Wildman–Crippen LogP) is 0.630. The lowest BCUT2D eigenvalue weighted by Gasteiger charge is -2.16. The summed E-state index contributed by atoms with van der Waals surface area (Å²) in [7, 11) is -1.45. The molecule has 1 aromatic carbocycles. The van der Waals surface area contributed by atoms with E-state index in [1.54, 1.807) is 24.3 Å². The van der Waals surface area contributed by atoms with E-state index in [0.29, 0.717) is 11.2 Å². The number of hydrogen-bond donors (Lipinski definition) is 2. The zero-order valence-electron chi connectivity index (χ0n) is 8.78. The number of benzene rings is 1. The van der Waals surface area contributed by atoms with E-state index in [0.717, 1.165) is 6.42 Å². The largest absolute Gasteiger partial charge is 0.488 e. The molecule has 3 nitrogen and oxygen atoms in total. The lowest BCUT2D eigenvalue weighted by Crippen LogP contribution is -2.29. The summed E-state index contributed by atoms with van der Waals surface area (Å²) in [5, 5.41) is 18.1. The van der Waals surface area contributed by atoms with Crippen molar-refractivity contribution in [3.05, 3.63) is 48.6 Å². The van der Waals surface area contributed by atoms with Crippen molar-refractivity contribution in [1.29, 1.82) is 0 Å². The van der Waals surface area contributed by atoms with Crippen molar-refractivity contribution in [2.45, 2.75) is 12.5 Å². The molecule has 0 bridgehead atoms. The van der Waals surface area contributed by atoms with Crippen LogP contribution in [0.15, 0.2) is 48.6 Å². The van der Waals surface area contributed by atoms with E-state index in [9.17, 15) is 0 Å². The molecule has 0 fully saturated rings. The minimum Gasteiger partial charge on any atom is -0.486 e. The smallest absolute Gasteiger partial charge is 0.486 e. The van der Waals surface area contributed by atoms with E-state index >= 15 is 0 Å². The maximum absolute atomic E-state index is 9.03. The molecule has 16 heavy (non-hydrogen) atoms. The van der Waals surface area contributed by atoms with Gasteiger partial charge in [0.2, 0.25) is 0 Å². The Kier molecular flexibility index (Phi) is 3.44. The molecule has 0 saturated carbocycles. The molecule has 0 heterocycles. The third-order valence-electron chi connectivity index (χ3n) is 2.39. The first-order chi connectivity index (χ1) is 7.75. The van der Waals surface area contributed by atoms with Crippen LogP contribution in [0.4, 0.5) is 0 Å². The molecule has 1 aliphatic rings. The average Bonchev–Trinajstić information content (AvgIpc) is 2.30. The fraction of sp³-hybridized carbons (Fsp3) is 0.167. The average molecular weight is 216 g/mol. The SMILES string of the molecule is OB(O)c1cccc(OC2C=CC=CC2)c1. The van der Waals surface area contributed by atoms with E-state index < -0.39 is 7.12 Å². The number of rotatable bonds is 3. The van der Waals surface area contributed by atoms with E-state index in [4.69, 9.17) is 14.8 Å². The molecule has 4 heteroatoms. The molecule has 1 unspecified atom stereocenters. The third kappa shape index (κ3) is 2.75. The Hall–Kier alpha value is -1.52. The molecule has 0 saturated heterocycles. The van der Waals surface area contributed by atoms with Crippen molar-refractivity contribution in [3.8, 4) is 5.75 Å². The van der Waals surface area contributed by atoms with Gasteiger partial charge in [-0.2, -0.15) is 0 Å². The van der Waals surface area contributed by atoms with Crippen LogP contribution in [0.5, 0.6) is 5.75 Å². The van der Waals surface area contributed by atoms with Crippen molar-refractivity contribution < 1.29 is 14.8 Å². The molecule has 0 aromatic heterocycles. The topological polar surface area (TPSA) is 49.7 Å². The quantitative estimate of drug-likeness (QED) is 0.728. The fourth-order valence-corrected chi connectivity index (χ4v) is 1.57. The molecule has 0 amide bonds. The van der Waals surface area contributed by atoms with Gasteiger partial charge in [0.05, 0.1) is 0 Å². The Labute approximate surface area is 94.8 Å². The van der Waals surface area contributed by atoms with Gasteiger partial charge in [0.1, 0.15) is 11.9 Å². The summed E-state index contributed by atoms with van der Waals surface area (Å²) in [6, 6.07) is 6.83. The predicted molar refractivity (Wildman–Crippen MR) is 63.6 cm³/mol. The van der Waals surface area contributed by atoms with Gasteiger partial charge in [0, 0.05) is 6.42 Å². The van der Waals surface area contributed by atoms with E-state index in [-0.39, 0.29) is 6.10 Å². The molecule has 0 aliphatic heterocycles. The summed E-state index contributed by atoms with van der Waals surface area (Å²) in [6.07, 6.45) is 8.79. The lowest BCUT2D eigenvalue weighted by atomic mass is 9.80. The number of allylic oxidation sites excluding steroid dienone is 2. The van der Waals surface area contributed by atoms with Crippen LogP contribution in [-0.4, -0.2) is 23.3 Å². The highest BCUT2D eigenvalue weighted by Crippen LogP contribution is 2.14. The van der Waals surface area contributed by atoms with Gasteiger partial charge in [-0.05, 0) is 23.7 Å². The van der Waals surface area contributed by atoms with Gasteiger partial charge in [0.25, 0.3) is 0 Å². The monoisotopic (exact) mass is 216 g/mol. The molecule has 1 aliphatic carbocycles. The summed E-state index contributed by atoms with van der Waals surface area (Å²) < 4.78 is 5.69. The fourth-order valence-electron chi connectivity index (χ4n) is 1.57. The first-order valence-corrected chi connectivity index (χ1v) is 5.22. The molecular weight excluding hydrogens is 203 g/mol. The maximum Gasteiger partial charge on any atom is 0.488 e. The Morgan fingerprint density at radius 2 is 2.12 bits per heavy atom. The summed E-state index contributed by atoms with van der Waals surface area (Å²) >= 11 is 0. The third-order valence-corrected chi connectivity index (χ3v) is 2.39. The minimum atomic E-state index is -1.45. The first kappa shape index (κ1) is 11.0. The van der Waals surface area contributed by atoms with Crippen LogP contribution in [0.1, 0.15) is 6.42 Å². The van der Waals surface area contributed by atoms with Gasteiger partial charge in [-0.1, -0.05) is 30.4 Å². The second-order valence-electron chi connectivity index (χ2n) is 3.65. The van der Waals surface area contributed by atoms with Crippen LogP contribution >= 0.6 is 0 Å². The van der Waals surface area contributed by atoms with Gasteiger partial charge >= 0.3 is 7.12 Å². The van der Waals surface area contributed by atoms with E-state index in [1.807, 2.05) is 24.3 Å². The molecule has 1 atom stereocenters. The molecule has 2 rings (SSSR count). The molecular formula is C12H13BO3. The van der Waals surface area contributed by atoms with Crippen molar-refractivity contribution in [2.24, 2.45) is 0 Å². The Morgan fingerprint density at radius 1 is 1.25 bits per heavy atom. The zero-order chi connectivity index (χ0) is 11.4. The Bertz CT molecular complexity index is 412. The molecule has 82 valence electrons. The Balaban J connectivity index is 2.06. The molecule has 0 spiro atoms. The van der Waals surface area contributed by atoms with Crippen LogP contribution in [0.25, 0.3) is 0 Å². The lowest BCUT2D eigenvalue weighted by molar-refractivity contribution is 0.252. The van der Waals surface area contributed by atoms with Crippen LogP contribution in [0.3, 0.4) is 0 Å². The summed E-state index contributed by atoms with van der Waals surface area (Å²) in [6.45, 7) is 0. The second-order valence-corrected chi connectivity index (χ2v) is 3.65. The van der Waals surface area contributed by atoms with Crippen LogP contribution in [0.2, 0.25) is 0 Å². The van der Waals surface area contributed by atoms with Crippen molar-refractivity contribution in [2.75, 3.05) is 0 Å². The van der Waals surface area contributed by atoms with Gasteiger partial charge < -0.3 is 14.8 Å². The van der Waals surface area contributed by atoms with E-state index in [2.05, 4.69) is 0 Å². The summed E-state index contributed by atoms with van der Waals surface area (Å²) in [5.74, 6) is 0.649. The van der Waals surface area contributed by atoms with Gasteiger partial charge in [-0.15, -0.1) is 0 Å². The highest BCUT2D eigenvalue weighted by atomic mass is 16.5. The van der Waals surface area contributed by atoms with Crippen molar-refractivity contribution >= 4 is 12.6 Å². The van der Waals surface area contributed by atoms with Crippen molar-refractivity contribution in [1.82, 2.24) is 0 Å². The van der Waals surface area contributed by atoms with Crippen LogP contribution < -0.4 is 10.2 Å². The summed E-state index contributed by atoms with van der Waals surface area (Å²) in [5.41, 5.74) is 0.438. The molecule has 0 radical (unpaired) electrons. The second kappa shape index (κ2) is 5.01. The first-order valence-electron chi connectivity index (χ1n) is 5.22. The van der Waals surface area contributed by atoms with Crippen molar-refractivity contribution in [3.63, 3.8) is 0 Å². The van der Waals surface area contributed by atoms with Crippen LogP contribution in [-0.2, 0) is 0 Å². The normalized spacial score (nSPS) is 18.5. The summed E-state index contributed by atoms with van der Waals surface area (Å²) in [4.78, 5) is 0. The van der Waals surface area contributed by atoms with E-state index in [1.165, 1.54) is 0 Å². The highest BCUT2D eigenvalue weighted by Gasteiger charge is 2.12. The molecule has 1 aromatic rings. The molecule has 2 N–H and O–H groups in total. The standard InChI is InChI=1S/C12H13BO3/c14-13(15)10-5-4-8-12(9-10)16-11-6-2-1-3-7-11/h1-6,8-9,11,14-15H,7H2. The van der Waals surface area contributed by atoms with Gasteiger partial charge in [0.15, 0.2) is 0 Å². The van der Waals surface area contributed by atoms with Gasteiger partial charge in [-0.25, -0.2) is 0 Å². The number of hydrogen-bond acceptors (Lipinski definition) is 3. The number of ether oxygens (including phenoxy) is 1. The Morgan fingerprint density at radius 3 is 2.81 bits per heavy atom. The minimum absolute atomic E-state index is 0.0242. The van der Waals surface area contributed by atoms with Crippen LogP contribution in [0, 0.1) is 0 Å².